The SMILES string of the molecule is C[C@@]1(O)CCC[C@H]1n1c(=O)ccc2cnc(NC3CCN(S(=O)(=O)CC(F)(F)F)CC3)nc21. The molecule has 2 atom stereocenters. The van der Waals surface area contributed by atoms with Gasteiger partial charge in [0.25, 0.3) is 5.56 Å². The third kappa shape index (κ3) is 5.14. The molecule has 0 amide bonds. The van der Waals surface area contributed by atoms with Crippen molar-refractivity contribution in [1.29, 1.82) is 0 Å². The van der Waals surface area contributed by atoms with Gasteiger partial charge in [-0.05, 0) is 45.1 Å². The summed E-state index contributed by atoms with van der Waals surface area (Å²) in [6, 6.07) is 2.38. The molecule has 0 spiro atoms. The van der Waals surface area contributed by atoms with E-state index in [1.807, 2.05) is 0 Å². The summed E-state index contributed by atoms with van der Waals surface area (Å²) in [4.78, 5) is 21.4. The van der Waals surface area contributed by atoms with Crippen molar-refractivity contribution in [3.63, 3.8) is 0 Å². The summed E-state index contributed by atoms with van der Waals surface area (Å²) in [6.45, 7) is 1.62. The zero-order valence-corrected chi connectivity index (χ0v) is 18.9. The van der Waals surface area contributed by atoms with Gasteiger partial charge >= 0.3 is 6.18 Å². The predicted octanol–water partition coefficient (Wildman–Crippen LogP) is 2.04. The number of nitrogens with one attached hydrogen (secondary N) is 1. The quantitative estimate of drug-likeness (QED) is 0.660. The van der Waals surface area contributed by atoms with Crippen LogP contribution in [0.1, 0.15) is 45.1 Å². The van der Waals surface area contributed by atoms with Crippen molar-refractivity contribution in [2.24, 2.45) is 0 Å². The Morgan fingerprint density at radius 1 is 1.24 bits per heavy atom. The van der Waals surface area contributed by atoms with Gasteiger partial charge in [0.15, 0.2) is 5.75 Å². The molecule has 3 heterocycles. The van der Waals surface area contributed by atoms with Crippen molar-refractivity contribution in [1.82, 2.24) is 18.8 Å². The Kier molecular flexibility index (Phi) is 6.16. The van der Waals surface area contributed by atoms with Crippen LogP contribution in [0.3, 0.4) is 0 Å². The number of sulfonamides is 1. The number of aliphatic hydroxyl groups is 1. The molecule has 2 aromatic rings. The Bertz CT molecular complexity index is 1190. The number of anilines is 1. The first-order chi connectivity index (χ1) is 15.4. The highest BCUT2D eigenvalue weighted by atomic mass is 32.2. The fourth-order valence-electron chi connectivity index (χ4n) is 4.71. The van der Waals surface area contributed by atoms with E-state index in [1.54, 1.807) is 19.2 Å². The van der Waals surface area contributed by atoms with E-state index in [-0.39, 0.29) is 43.5 Å². The lowest BCUT2D eigenvalue weighted by Crippen LogP contribution is -2.45. The van der Waals surface area contributed by atoms with E-state index in [0.29, 0.717) is 23.9 Å². The molecule has 9 nitrogen and oxygen atoms in total. The van der Waals surface area contributed by atoms with Gasteiger partial charge in [-0.2, -0.15) is 18.2 Å². The third-order valence-electron chi connectivity index (χ3n) is 6.38. The standard InChI is InChI=1S/C20H26F3N5O4S/c1-19(30)8-2-3-15(19)28-16(29)5-4-13-11-24-18(26-17(13)28)25-14-6-9-27(10-7-14)33(31,32)12-20(21,22)23/h4-5,11,14-15,30H,2-3,6-10,12H2,1H3,(H,24,25,26)/t15-,19-/m1/s1. The van der Waals surface area contributed by atoms with Crippen LogP contribution in [0.5, 0.6) is 0 Å². The number of hydrogen-bond acceptors (Lipinski definition) is 7. The van der Waals surface area contributed by atoms with Gasteiger partial charge in [-0.1, -0.05) is 0 Å². The van der Waals surface area contributed by atoms with Crippen molar-refractivity contribution in [3.8, 4) is 0 Å². The highest BCUT2D eigenvalue weighted by Gasteiger charge is 2.40. The molecule has 2 N–H and O–H groups in total. The molecule has 1 aliphatic heterocycles. The normalized spacial score (nSPS) is 25.5. The summed E-state index contributed by atoms with van der Waals surface area (Å²) in [5.74, 6) is -1.63. The summed E-state index contributed by atoms with van der Waals surface area (Å²) in [5, 5.41) is 14.5. The Morgan fingerprint density at radius 2 is 1.94 bits per heavy atom. The second-order valence-electron chi connectivity index (χ2n) is 8.97. The third-order valence-corrected chi connectivity index (χ3v) is 8.23. The smallest absolute Gasteiger partial charge is 0.388 e. The number of piperidine rings is 1. The van der Waals surface area contributed by atoms with E-state index in [0.717, 1.165) is 10.7 Å². The van der Waals surface area contributed by atoms with Crippen molar-refractivity contribution >= 4 is 27.0 Å². The second kappa shape index (κ2) is 8.51. The van der Waals surface area contributed by atoms with E-state index < -0.39 is 33.6 Å². The van der Waals surface area contributed by atoms with Crippen LogP contribution >= 0.6 is 0 Å². The first-order valence-corrected chi connectivity index (χ1v) is 12.4. The number of nitrogens with zero attached hydrogens (tertiary/aromatic N) is 4. The number of alkyl halides is 3. The lowest BCUT2D eigenvalue weighted by atomic mass is 10.00. The summed E-state index contributed by atoms with van der Waals surface area (Å²) in [5.41, 5.74) is -0.925. The molecule has 33 heavy (non-hydrogen) atoms. The largest absolute Gasteiger partial charge is 0.404 e. The van der Waals surface area contributed by atoms with Crippen molar-refractivity contribution in [2.45, 2.75) is 62.9 Å². The maximum Gasteiger partial charge on any atom is 0.404 e. The molecule has 2 aliphatic rings. The van der Waals surface area contributed by atoms with Crippen molar-refractivity contribution in [2.75, 3.05) is 24.2 Å². The molecule has 4 rings (SSSR count). The predicted molar refractivity (Wildman–Crippen MR) is 115 cm³/mol. The van der Waals surface area contributed by atoms with Crippen molar-refractivity contribution < 1.29 is 26.7 Å². The van der Waals surface area contributed by atoms with Crippen LogP contribution in [0.15, 0.2) is 23.1 Å². The van der Waals surface area contributed by atoms with Crippen LogP contribution in [0.2, 0.25) is 0 Å². The highest BCUT2D eigenvalue weighted by molar-refractivity contribution is 7.89. The minimum atomic E-state index is -4.79. The van der Waals surface area contributed by atoms with Crippen LogP contribution in [0.25, 0.3) is 11.0 Å². The molecule has 2 aromatic heterocycles. The molecule has 1 saturated carbocycles. The first-order valence-electron chi connectivity index (χ1n) is 10.8. The maximum atomic E-state index is 12.7. The fourth-order valence-corrected chi connectivity index (χ4v) is 6.07. The van der Waals surface area contributed by atoms with Crippen LogP contribution in [-0.2, 0) is 10.0 Å². The van der Waals surface area contributed by atoms with Crippen LogP contribution < -0.4 is 10.9 Å². The lowest BCUT2D eigenvalue weighted by molar-refractivity contribution is -0.107. The van der Waals surface area contributed by atoms with Gasteiger partial charge < -0.3 is 10.4 Å². The molecule has 1 saturated heterocycles. The molecule has 0 aromatic carbocycles. The van der Waals surface area contributed by atoms with E-state index >= 15 is 0 Å². The van der Waals surface area contributed by atoms with Crippen molar-refractivity contribution in [3.05, 3.63) is 28.7 Å². The number of hydrogen-bond donors (Lipinski definition) is 2. The molecular weight excluding hydrogens is 463 g/mol. The molecule has 182 valence electrons. The minimum Gasteiger partial charge on any atom is -0.388 e. The molecule has 0 bridgehead atoms. The minimum absolute atomic E-state index is 0.0424. The van der Waals surface area contributed by atoms with E-state index in [1.165, 1.54) is 10.6 Å². The van der Waals surface area contributed by atoms with E-state index in [9.17, 15) is 31.5 Å². The Morgan fingerprint density at radius 3 is 2.55 bits per heavy atom. The summed E-state index contributed by atoms with van der Waals surface area (Å²) in [7, 11) is -4.41. The zero-order chi connectivity index (χ0) is 24.0. The van der Waals surface area contributed by atoms with Gasteiger partial charge in [0.1, 0.15) is 5.65 Å². The molecule has 13 heteroatoms. The molecule has 2 fully saturated rings. The molecule has 0 radical (unpaired) electrons. The maximum absolute atomic E-state index is 12.7. The molecule has 0 unspecified atom stereocenters. The second-order valence-corrected chi connectivity index (χ2v) is 10.9. The number of fused-ring (bicyclic) bond motifs is 1. The summed E-state index contributed by atoms with van der Waals surface area (Å²) < 4.78 is 63.9. The van der Waals surface area contributed by atoms with Gasteiger partial charge in [0, 0.05) is 36.8 Å². The average Bonchev–Trinajstić information content (AvgIpc) is 3.05. The molecular formula is C20H26F3N5O4S. The van der Waals surface area contributed by atoms with Gasteiger partial charge in [-0.25, -0.2) is 17.7 Å². The Balaban J connectivity index is 1.52. The van der Waals surface area contributed by atoms with Gasteiger partial charge in [0.2, 0.25) is 16.0 Å². The number of rotatable bonds is 5. The van der Waals surface area contributed by atoms with E-state index in [2.05, 4.69) is 15.3 Å². The topological polar surface area (TPSA) is 117 Å². The monoisotopic (exact) mass is 489 g/mol. The van der Waals surface area contributed by atoms with Crippen LogP contribution in [-0.4, -0.2) is 69.0 Å². The average molecular weight is 490 g/mol. The highest BCUT2D eigenvalue weighted by Crippen LogP contribution is 2.39. The number of pyridine rings is 1. The van der Waals surface area contributed by atoms with Crippen LogP contribution in [0.4, 0.5) is 19.1 Å². The zero-order valence-electron chi connectivity index (χ0n) is 18.0. The fraction of sp³-hybridized carbons (Fsp3) is 0.650. The van der Waals surface area contributed by atoms with Gasteiger partial charge in [0.05, 0.1) is 11.6 Å². The van der Waals surface area contributed by atoms with Gasteiger partial charge in [-0.15, -0.1) is 0 Å². The summed E-state index contributed by atoms with van der Waals surface area (Å²) in [6.07, 6.45) is -0.642. The Labute approximate surface area is 188 Å². The van der Waals surface area contributed by atoms with E-state index in [4.69, 9.17) is 0 Å². The van der Waals surface area contributed by atoms with Gasteiger partial charge in [-0.3, -0.25) is 9.36 Å². The number of aromatic nitrogens is 3. The molecule has 1 aliphatic carbocycles. The number of halogens is 3. The summed E-state index contributed by atoms with van der Waals surface area (Å²) >= 11 is 0. The lowest BCUT2D eigenvalue weighted by Gasteiger charge is -2.32. The van der Waals surface area contributed by atoms with Crippen LogP contribution in [0, 0.1) is 0 Å². The Hall–Kier alpha value is -2.25. The first kappa shape index (κ1) is 23.9.